The van der Waals surface area contributed by atoms with Crippen LogP contribution in [0.25, 0.3) is 0 Å². The predicted molar refractivity (Wildman–Crippen MR) is 92.3 cm³/mol. The van der Waals surface area contributed by atoms with Gasteiger partial charge in [-0.1, -0.05) is 19.9 Å². The lowest BCUT2D eigenvalue weighted by Crippen LogP contribution is -2.58. The molecule has 3 atom stereocenters. The van der Waals surface area contributed by atoms with Crippen LogP contribution in [0.2, 0.25) is 0 Å². The molecule has 4 N–H and O–H groups in total. The summed E-state index contributed by atoms with van der Waals surface area (Å²) in [7, 11) is 0. The van der Waals surface area contributed by atoms with Crippen molar-refractivity contribution in [1.29, 1.82) is 0 Å². The average molecular weight is 313 g/mol. The number of primary amides is 1. The molecule has 23 heavy (non-hydrogen) atoms. The number of nitrogens with zero attached hydrogens (tertiary/aromatic N) is 1. The van der Waals surface area contributed by atoms with Gasteiger partial charge >= 0.3 is 0 Å². The molecule has 2 bridgehead atoms. The first kappa shape index (κ1) is 15.0. The number of carbonyl (C=O) groups excluding carboxylic acids is 1. The van der Waals surface area contributed by atoms with Gasteiger partial charge in [0.15, 0.2) is 0 Å². The topological polar surface area (TPSA) is 72.3 Å². The van der Waals surface area contributed by atoms with E-state index in [0.717, 1.165) is 25.3 Å². The van der Waals surface area contributed by atoms with Gasteiger partial charge in [-0.15, -0.1) is 0 Å². The van der Waals surface area contributed by atoms with Crippen LogP contribution in [0.15, 0.2) is 12.1 Å². The molecule has 1 aromatic rings. The Bertz CT molecular complexity index is 667. The molecular formula is C19H27N3O. The first-order valence-electron chi connectivity index (χ1n) is 8.87. The van der Waals surface area contributed by atoms with Gasteiger partial charge in [0.05, 0.1) is 5.56 Å². The highest BCUT2D eigenvalue weighted by molar-refractivity contribution is 5.99. The number of carbonyl (C=O) groups is 1. The molecule has 0 radical (unpaired) electrons. The molecule has 2 fully saturated rings. The smallest absolute Gasteiger partial charge is 0.250 e. The molecule has 0 unspecified atom stereocenters. The summed E-state index contributed by atoms with van der Waals surface area (Å²) in [6.07, 6.45) is 4.96. The highest BCUT2D eigenvalue weighted by Crippen LogP contribution is 2.51. The summed E-state index contributed by atoms with van der Waals surface area (Å²) >= 11 is 0. The number of piperidine rings is 1. The second-order valence-corrected chi connectivity index (χ2v) is 8.09. The fraction of sp³-hybridized carbons (Fsp3) is 0.632. The number of hydrogen-bond acceptors (Lipinski definition) is 3. The third-order valence-corrected chi connectivity index (χ3v) is 6.76. The molecule has 1 aromatic carbocycles. The highest BCUT2D eigenvalue weighted by atomic mass is 16.1. The number of likely N-dealkylation sites (tertiary alicyclic amines) is 1. The molecule has 1 heterocycles. The molecular weight excluding hydrogens is 286 g/mol. The zero-order valence-corrected chi connectivity index (χ0v) is 14.1. The van der Waals surface area contributed by atoms with Gasteiger partial charge in [-0.2, -0.15) is 0 Å². The van der Waals surface area contributed by atoms with Crippen LogP contribution in [0.3, 0.4) is 0 Å². The van der Waals surface area contributed by atoms with Crippen molar-refractivity contribution in [2.75, 3.05) is 18.8 Å². The molecule has 1 saturated heterocycles. The van der Waals surface area contributed by atoms with Gasteiger partial charge in [-0.05, 0) is 61.3 Å². The van der Waals surface area contributed by atoms with Crippen LogP contribution >= 0.6 is 0 Å². The molecule has 4 heteroatoms. The van der Waals surface area contributed by atoms with Crippen LogP contribution in [0.4, 0.5) is 5.69 Å². The number of anilines is 1. The van der Waals surface area contributed by atoms with Crippen molar-refractivity contribution in [3.63, 3.8) is 0 Å². The van der Waals surface area contributed by atoms with Crippen molar-refractivity contribution in [1.82, 2.24) is 4.90 Å². The van der Waals surface area contributed by atoms with Gasteiger partial charge in [-0.25, -0.2) is 0 Å². The number of nitrogens with two attached hydrogens (primary N) is 2. The number of hydrogen-bond donors (Lipinski definition) is 2. The fourth-order valence-electron chi connectivity index (χ4n) is 4.98. The number of nitrogen functional groups attached to an aromatic ring is 1. The zero-order valence-electron chi connectivity index (χ0n) is 14.1. The molecule has 0 aromatic heterocycles. The van der Waals surface area contributed by atoms with Gasteiger partial charge in [-0.3, -0.25) is 9.69 Å². The summed E-state index contributed by atoms with van der Waals surface area (Å²) in [5.41, 5.74) is 15.6. The summed E-state index contributed by atoms with van der Waals surface area (Å²) in [6.45, 7) is 7.10. The van der Waals surface area contributed by atoms with E-state index < -0.39 is 5.91 Å². The molecule has 0 spiro atoms. The van der Waals surface area contributed by atoms with Gasteiger partial charge in [0.2, 0.25) is 0 Å². The van der Waals surface area contributed by atoms with E-state index >= 15 is 0 Å². The second kappa shape index (κ2) is 4.97. The fourth-order valence-corrected chi connectivity index (χ4v) is 4.98. The van der Waals surface area contributed by atoms with Crippen molar-refractivity contribution in [3.05, 3.63) is 28.8 Å². The van der Waals surface area contributed by atoms with Crippen molar-refractivity contribution >= 4 is 11.6 Å². The largest absolute Gasteiger partial charge is 0.398 e. The molecule has 1 amide bonds. The van der Waals surface area contributed by atoms with E-state index in [2.05, 4.69) is 24.8 Å². The van der Waals surface area contributed by atoms with Crippen LogP contribution in [-0.2, 0) is 11.8 Å². The van der Waals surface area contributed by atoms with E-state index in [-0.39, 0.29) is 5.41 Å². The number of benzene rings is 1. The summed E-state index contributed by atoms with van der Waals surface area (Å²) in [4.78, 5) is 14.4. The molecule has 1 saturated carbocycles. The van der Waals surface area contributed by atoms with Crippen LogP contribution in [0, 0.1) is 11.8 Å². The van der Waals surface area contributed by atoms with Gasteiger partial charge in [0.25, 0.3) is 5.91 Å². The van der Waals surface area contributed by atoms with Crippen LogP contribution in [0.1, 0.15) is 54.6 Å². The minimum Gasteiger partial charge on any atom is -0.398 e. The SMILES string of the molecule is C[C@@H]1[C@H]2Cc3ccc(C(N)=O)c(N)c3[C@]1(C)CCN2CC1CC1. The molecule has 124 valence electrons. The first-order chi connectivity index (χ1) is 10.9. The maximum Gasteiger partial charge on any atom is 0.250 e. The van der Waals surface area contributed by atoms with E-state index in [1.54, 1.807) is 0 Å². The molecule has 4 nitrogen and oxygen atoms in total. The Hall–Kier alpha value is -1.55. The van der Waals surface area contributed by atoms with Gasteiger partial charge < -0.3 is 11.5 Å². The van der Waals surface area contributed by atoms with Crippen molar-refractivity contribution in [2.45, 2.75) is 51.0 Å². The van der Waals surface area contributed by atoms with Crippen molar-refractivity contribution in [2.24, 2.45) is 17.6 Å². The lowest BCUT2D eigenvalue weighted by atomic mass is 9.58. The standard InChI is InChI=1S/C19H27N3O/c1-11-15-9-13-5-6-14(18(21)23)17(20)16(13)19(11,2)7-8-22(15)10-12-3-4-12/h5-6,11-12,15H,3-4,7-10,20H2,1-2H3,(H2,21,23)/t11-,15-,19-/m1/s1. The second-order valence-electron chi connectivity index (χ2n) is 8.09. The molecule has 2 aliphatic carbocycles. The van der Waals surface area contributed by atoms with Crippen molar-refractivity contribution < 1.29 is 4.79 Å². The Morgan fingerprint density at radius 3 is 2.78 bits per heavy atom. The number of rotatable bonds is 3. The number of amides is 1. The lowest BCUT2D eigenvalue weighted by molar-refractivity contribution is 0.0288. The van der Waals surface area contributed by atoms with Crippen LogP contribution < -0.4 is 11.5 Å². The Labute approximate surface area is 138 Å². The minimum absolute atomic E-state index is 0.0494. The van der Waals surface area contributed by atoms with E-state index in [0.29, 0.717) is 23.2 Å². The van der Waals surface area contributed by atoms with Gasteiger partial charge in [0.1, 0.15) is 0 Å². The molecule has 3 aliphatic rings. The normalized spacial score (nSPS) is 33.3. The van der Waals surface area contributed by atoms with Gasteiger partial charge in [0, 0.05) is 23.7 Å². The van der Waals surface area contributed by atoms with Crippen LogP contribution in [0.5, 0.6) is 0 Å². The van der Waals surface area contributed by atoms with Crippen LogP contribution in [-0.4, -0.2) is 29.9 Å². The quantitative estimate of drug-likeness (QED) is 0.841. The molecule has 1 aliphatic heterocycles. The lowest BCUT2D eigenvalue weighted by Gasteiger charge is -2.55. The van der Waals surface area contributed by atoms with E-state index in [9.17, 15) is 4.79 Å². The Morgan fingerprint density at radius 2 is 2.13 bits per heavy atom. The third kappa shape index (κ3) is 2.18. The minimum atomic E-state index is -0.421. The van der Waals surface area contributed by atoms with E-state index in [1.807, 2.05) is 6.07 Å². The Morgan fingerprint density at radius 1 is 1.39 bits per heavy atom. The monoisotopic (exact) mass is 313 g/mol. The third-order valence-electron chi connectivity index (χ3n) is 6.76. The zero-order chi connectivity index (χ0) is 16.4. The Kier molecular flexibility index (Phi) is 3.24. The summed E-state index contributed by atoms with van der Waals surface area (Å²) in [5, 5.41) is 0. The summed E-state index contributed by atoms with van der Waals surface area (Å²) in [5.74, 6) is 1.05. The number of fused-ring (bicyclic) bond motifs is 4. The highest BCUT2D eigenvalue weighted by Gasteiger charge is 2.50. The maximum absolute atomic E-state index is 11.7. The summed E-state index contributed by atoms with van der Waals surface area (Å²) in [6, 6.07) is 4.50. The summed E-state index contributed by atoms with van der Waals surface area (Å²) < 4.78 is 0. The Balaban J connectivity index is 1.77. The van der Waals surface area contributed by atoms with E-state index in [1.165, 1.54) is 30.5 Å². The van der Waals surface area contributed by atoms with Crippen molar-refractivity contribution in [3.8, 4) is 0 Å². The first-order valence-corrected chi connectivity index (χ1v) is 8.87. The molecule has 4 rings (SSSR count). The van der Waals surface area contributed by atoms with E-state index in [4.69, 9.17) is 11.5 Å². The maximum atomic E-state index is 11.7. The average Bonchev–Trinajstić information content (AvgIpc) is 3.29. The predicted octanol–water partition coefficient (Wildman–Crippen LogP) is 2.30.